The SMILES string of the molecule is Cc1cc2c(cc1C)O[C@@H](C(=O)NCc1ccc(N3CCN(C)CC3)nc1)C2. The van der Waals surface area contributed by atoms with Crippen LogP contribution in [0.5, 0.6) is 5.75 Å². The number of benzene rings is 1. The van der Waals surface area contributed by atoms with Gasteiger partial charge in [-0.15, -0.1) is 0 Å². The predicted octanol–water partition coefficient (Wildman–Crippen LogP) is 2.07. The van der Waals surface area contributed by atoms with Crippen LogP contribution >= 0.6 is 0 Å². The number of aromatic nitrogens is 1. The Balaban J connectivity index is 1.30. The fraction of sp³-hybridized carbons (Fsp3) is 0.455. The minimum Gasteiger partial charge on any atom is -0.480 e. The van der Waals surface area contributed by atoms with E-state index in [4.69, 9.17) is 4.74 Å². The van der Waals surface area contributed by atoms with Gasteiger partial charge in [0.05, 0.1) is 0 Å². The quantitative estimate of drug-likeness (QED) is 0.880. The van der Waals surface area contributed by atoms with Crippen LogP contribution in [0.3, 0.4) is 0 Å². The van der Waals surface area contributed by atoms with Gasteiger partial charge in [0.1, 0.15) is 11.6 Å². The van der Waals surface area contributed by atoms with E-state index >= 15 is 0 Å². The Kier molecular flexibility index (Phi) is 5.22. The molecule has 6 heteroatoms. The number of nitrogens with one attached hydrogen (secondary N) is 1. The molecule has 1 saturated heterocycles. The van der Waals surface area contributed by atoms with Crippen LogP contribution in [-0.2, 0) is 17.8 Å². The lowest BCUT2D eigenvalue weighted by atomic mass is 10.0. The molecule has 1 atom stereocenters. The number of carbonyl (C=O) groups is 1. The van der Waals surface area contributed by atoms with Gasteiger partial charge >= 0.3 is 0 Å². The maximum Gasteiger partial charge on any atom is 0.261 e. The Labute approximate surface area is 166 Å². The third-order valence-corrected chi connectivity index (χ3v) is 5.75. The standard InChI is InChI=1S/C22H28N4O2/c1-15-10-18-12-20(28-19(18)11-16(15)2)22(27)24-14-17-4-5-21(23-13-17)26-8-6-25(3)7-9-26/h4-5,10-11,13,20H,6-9,12,14H2,1-3H3,(H,24,27)/t20-/m1/s1. The largest absolute Gasteiger partial charge is 0.480 e. The molecule has 4 rings (SSSR count). The van der Waals surface area contributed by atoms with Crippen LogP contribution in [0, 0.1) is 13.8 Å². The third kappa shape index (κ3) is 3.97. The van der Waals surface area contributed by atoms with E-state index in [1.165, 1.54) is 11.1 Å². The summed E-state index contributed by atoms with van der Waals surface area (Å²) in [5, 5.41) is 2.99. The number of likely N-dealkylation sites (N-methyl/N-ethyl adjacent to an activating group) is 1. The molecule has 0 spiro atoms. The number of fused-ring (bicyclic) bond motifs is 1. The van der Waals surface area contributed by atoms with Crippen molar-refractivity contribution in [1.82, 2.24) is 15.2 Å². The van der Waals surface area contributed by atoms with Crippen LogP contribution in [0.15, 0.2) is 30.5 Å². The van der Waals surface area contributed by atoms with Crippen LogP contribution in [0.2, 0.25) is 0 Å². The van der Waals surface area contributed by atoms with Crippen LogP contribution in [0.1, 0.15) is 22.3 Å². The van der Waals surface area contributed by atoms with Crippen molar-refractivity contribution in [2.24, 2.45) is 0 Å². The van der Waals surface area contributed by atoms with E-state index in [1.54, 1.807) is 0 Å². The Hall–Kier alpha value is -2.60. The summed E-state index contributed by atoms with van der Waals surface area (Å²) in [6, 6.07) is 8.23. The highest BCUT2D eigenvalue weighted by Crippen LogP contribution is 2.31. The fourth-order valence-electron chi connectivity index (χ4n) is 3.71. The van der Waals surface area contributed by atoms with Crippen LogP contribution in [-0.4, -0.2) is 55.1 Å². The Morgan fingerprint density at radius 1 is 1.18 bits per heavy atom. The number of ether oxygens (including phenoxy) is 1. The van der Waals surface area contributed by atoms with E-state index in [-0.39, 0.29) is 5.91 Å². The van der Waals surface area contributed by atoms with Gasteiger partial charge < -0.3 is 19.9 Å². The maximum absolute atomic E-state index is 12.5. The lowest BCUT2D eigenvalue weighted by Crippen LogP contribution is -2.44. The van der Waals surface area contributed by atoms with Gasteiger partial charge in [-0.05, 0) is 55.3 Å². The molecule has 0 radical (unpaired) electrons. The number of nitrogens with zero attached hydrogens (tertiary/aromatic N) is 3. The maximum atomic E-state index is 12.5. The average Bonchev–Trinajstić information content (AvgIpc) is 3.10. The van der Waals surface area contributed by atoms with Gasteiger partial charge in [0.15, 0.2) is 6.10 Å². The molecule has 28 heavy (non-hydrogen) atoms. The highest BCUT2D eigenvalue weighted by atomic mass is 16.5. The molecular weight excluding hydrogens is 352 g/mol. The van der Waals surface area contributed by atoms with Gasteiger partial charge in [0.25, 0.3) is 5.91 Å². The first-order valence-electron chi connectivity index (χ1n) is 9.92. The van der Waals surface area contributed by atoms with Crippen molar-refractivity contribution in [2.75, 3.05) is 38.1 Å². The first kappa shape index (κ1) is 18.7. The van der Waals surface area contributed by atoms with E-state index in [1.807, 2.05) is 24.4 Å². The number of hydrogen-bond donors (Lipinski definition) is 1. The Bertz CT molecular complexity index is 827. The molecule has 1 aromatic heterocycles. The molecule has 148 valence electrons. The average molecular weight is 380 g/mol. The summed E-state index contributed by atoms with van der Waals surface area (Å²) < 4.78 is 5.86. The van der Waals surface area contributed by atoms with E-state index < -0.39 is 6.10 Å². The zero-order valence-electron chi connectivity index (χ0n) is 16.9. The second-order valence-corrected chi connectivity index (χ2v) is 7.89. The van der Waals surface area contributed by atoms with Crippen molar-refractivity contribution in [3.05, 3.63) is 52.7 Å². The van der Waals surface area contributed by atoms with Gasteiger partial charge in [-0.1, -0.05) is 12.1 Å². The molecule has 1 aromatic carbocycles. The summed E-state index contributed by atoms with van der Waals surface area (Å²) in [7, 11) is 2.14. The molecular formula is C22H28N4O2. The van der Waals surface area contributed by atoms with Gasteiger partial charge in [-0.3, -0.25) is 4.79 Å². The summed E-state index contributed by atoms with van der Waals surface area (Å²) in [5.41, 5.74) is 4.52. The van der Waals surface area contributed by atoms with Crippen molar-refractivity contribution < 1.29 is 9.53 Å². The molecule has 1 fully saturated rings. The first-order valence-corrected chi connectivity index (χ1v) is 9.92. The number of amides is 1. The van der Waals surface area contributed by atoms with Gasteiger partial charge in [0.2, 0.25) is 0 Å². The summed E-state index contributed by atoms with van der Waals surface area (Å²) >= 11 is 0. The van der Waals surface area contributed by atoms with E-state index in [0.29, 0.717) is 13.0 Å². The van der Waals surface area contributed by atoms with Crippen LogP contribution < -0.4 is 15.0 Å². The molecule has 1 amide bonds. The lowest BCUT2D eigenvalue weighted by molar-refractivity contribution is -0.127. The monoisotopic (exact) mass is 380 g/mol. The normalized spacial score (nSPS) is 19.2. The molecule has 0 unspecified atom stereocenters. The molecule has 1 N–H and O–H groups in total. The molecule has 0 aliphatic carbocycles. The summed E-state index contributed by atoms with van der Waals surface area (Å²) in [4.78, 5) is 21.7. The molecule has 0 bridgehead atoms. The van der Waals surface area contributed by atoms with Gasteiger partial charge in [-0.25, -0.2) is 4.98 Å². The zero-order valence-corrected chi connectivity index (χ0v) is 16.9. The topological polar surface area (TPSA) is 57.7 Å². The van der Waals surface area contributed by atoms with Crippen molar-refractivity contribution in [3.8, 4) is 5.75 Å². The van der Waals surface area contributed by atoms with E-state index in [2.05, 4.69) is 47.1 Å². The van der Waals surface area contributed by atoms with Crippen molar-refractivity contribution in [3.63, 3.8) is 0 Å². The molecule has 2 aromatic rings. The number of hydrogen-bond acceptors (Lipinski definition) is 5. The summed E-state index contributed by atoms with van der Waals surface area (Å²) in [6.45, 7) is 8.72. The van der Waals surface area contributed by atoms with Crippen LogP contribution in [0.4, 0.5) is 5.82 Å². The highest BCUT2D eigenvalue weighted by molar-refractivity contribution is 5.82. The predicted molar refractivity (Wildman–Crippen MR) is 110 cm³/mol. The molecule has 2 aliphatic rings. The van der Waals surface area contributed by atoms with Crippen LogP contribution in [0.25, 0.3) is 0 Å². The first-order chi connectivity index (χ1) is 13.5. The lowest BCUT2D eigenvalue weighted by Gasteiger charge is -2.33. The Morgan fingerprint density at radius 2 is 1.93 bits per heavy atom. The Morgan fingerprint density at radius 3 is 2.64 bits per heavy atom. The smallest absolute Gasteiger partial charge is 0.261 e. The number of carbonyl (C=O) groups excluding carboxylic acids is 1. The third-order valence-electron chi connectivity index (χ3n) is 5.75. The highest BCUT2D eigenvalue weighted by Gasteiger charge is 2.29. The molecule has 0 saturated carbocycles. The second kappa shape index (κ2) is 7.80. The zero-order chi connectivity index (χ0) is 19.7. The van der Waals surface area contributed by atoms with Crippen molar-refractivity contribution >= 4 is 11.7 Å². The van der Waals surface area contributed by atoms with E-state index in [0.717, 1.165) is 48.9 Å². The van der Waals surface area contributed by atoms with Crippen molar-refractivity contribution in [2.45, 2.75) is 32.9 Å². The second-order valence-electron chi connectivity index (χ2n) is 7.89. The summed E-state index contributed by atoms with van der Waals surface area (Å²) in [6.07, 6.45) is 2.03. The van der Waals surface area contributed by atoms with Gasteiger partial charge in [0, 0.05) is 45.3 Å². The molecule has 2 aliphatic heterocycles. The van der Waals surface area contributed by atoms with Crippen molar-refractivity contribution in [1.29, 1.82) is 0 Å². The number of anilines is 1. The number of aryl methyl sites for hydroxylation is 2. The molecule has 6 nitrogen and oxygen atoms in total. The fourth-order valence-corrected chi connectivity index (χ4v) is 3.71. The van der Waals surface area contributed by atoms with E-state index in [9.17, 15) is 4.79 Å². The number of pyridine rings is 1. The minimum absolute atomic E-state index is 0.0744. The minimum atomic E-state index is -0.450. The number of piperazine rings is 1. The molecule has 3 heterocycles. The van der Waals surface area contributed by atoms with Gasteiger partial charge in [-0.2, -0.15) is 0 Å². The number of rotatable bonds is 4. The summed E-state index contributed by atoms with van der Waals surface area (Å²) in [5.74, 6) is 1.76.